The summed E-state index contributed by atoms with van der Waals surface area (Å²) in [6, 6.07) is -0.0948. The van der Waals surface area contributed by atoms with Gasteiger partial charge in [0.2, 0.25) is 0 Å². The lowest BCUT2D eigenvalue weighted by atomic mass is 10.1. The zero-order valence-electron chi connectivity index (χ0n) is 14.7. The van der Waals surface area contributed by atoms with Gasteiger partial charge in [-0.3, -0.25) is 4.79 Å². The van der Waals surface area contributed by atoms with Crippen molar-refractivity contribution < 1.29 is 22.7 Å². The van der Waals surface area contributed by atoms with E-state index in [2.05, 4.69) is 20.7 Å². The second-order valence-electron chi connectivity index (χ2n) is 6.86. The van der Waals surface area contributed by atoms with Gasteiger partial charge in [-0.2, -0.15) is 18.3 Å². The molecule has 0 saturated heterocycles. The number of nitrogens with one attached hydrogen (secondary N) is 2. The lowest BCUT2D eigenvalue weighted by molar-refractivity contribution is -0.158. The predicted molar refractivity (Wildman–Crippen MR) is 89.4 cm³/mol. The molecule has 27 heavy (non-hydrogen) atoms. The van der Waals surface area contributed by atoms with Gasteiger partial charge >= 0.3 is 6.18 Å². The third-order valence-corrected chi connectivity index (χ3v) is 4.65. The number of carbonyl (C=O) groups is 1. The summed E-state index contributed by atoms with van der Waals surface area (Å²) in [5.41, 5.74) is 2.04. The van der Waals surface area contributed by atoms with Gasteiger partial charge in [-0.15, -0.1) is 0 Å². The topological polar surface area (TPSA) is 80.5 Å². The molecule has 2 unspecified atom stereocenters. The van der Waals surface area contributed by atoms with Crippen molar-refractivity contribution >= 4 is 17.3 Å². The largest absolute Gasteiger partial charge is 0.476 e. The second-order valence-corrected chi connectivity index (χ2v) is 6.86. The van der Waals surface area contributed by atoms with Crippen molar-refractivity contribution in [3.8, 4) is 0 Å². The van der Waals surface area contributed by atoms with Crippen molar-refractivity contribution in [2.24, 2.45) is 5.92 Å². The van der Waals surface area contributed by atoms with Gasteiger partial charge in [0.25, 0.3) is 5.91 Å². The van der Waals surface area contributed by atoms with E-state index in [1.807, 2.05) is 6.92 Å². The monoisotopic (exact) mass is 381 g/mol. The SMILES string of the molecule is Cc1cc(C2=COC(C)N2)nc2c(C(=O)NC(C3CC3)C(F)(F)F)cnn12. The van der Waals surface area contributed by atoms with Crippen molar-refractivity contribution in [2.75, 3.05) is 0 Å². The Balaban J connectivity index is 1.67. The minimum Gasteiger partial charge on any atom is -0.476 e. The van der Waals surface area contributed by atoms with Crippen molar-refractivity contribution in [2.45, 2.75) is 45.1 Å². The van der Waals surface area contributed by atoms with Gasteiger partial charge in [0.05, 0.1) is 17.6 Å². The Hall–Kier alpha value is -2.78. The van der Waals surface area contributed by atoms with E-state index >= 15 is 0 Å². The molecule has 0 radical (unpaired) electrons. The number of hydrogen-bond acceptors (Lipinski definition) is 5. The summed E-state index contributed by atoms with van der Waals surface area (Å²) in [6.07, 6.45) is -1.02. The number of aryl methyl sites for hydroxylation is 1. The Bertz CT molecular complexity index is 933. The van der Waals surface area contributed by atoms with Crippen LogP contribution in [0, 0.1) is 12.8 Å². The van der Waals surface area contributed by atoms with Crippen LogP contribution >= 0.6 is 0 Å². The maximum Gasteiger partial charge on any atom is 0.408 e. The van der Waals surface area contributed by atoms with Crippen LogP contribution in [-0.4, -0.2) is 39.0 Å². The molecule has 2 aromatic rings. The summed E-state index contributed by atoms with van der Waals surface area (Å²) < 4.78 is 46.4. The van der Waals surface area contributed by atoms with Crippen LogP contribution in [0.15, 0.2) is 18.5 Å². The molecule has 1 aliphatic carbocycles. The third kappa shape index (κ3) is 3.31. The third-order valence-electron chi connectivity index (χ3n) is 4.65. The lowest BCUT2D eigenvalue weighted by Crippen LogP contribution is -2.46. The van der Waals surface area contributed by atoms with Gasteiger partial charge in [0.15, 0.2) is 11.9 Å². The van der Waals surface area contributed by atoms with Gasteiger partial charge < -0.3 is 15.4 Å². The fourth-order valence-corrected chi connectivity index (χ4v) is 3.12. The molecule has 3 heterocycles. The van der Waals surface area contributed by atoms with Crippen LogP contribution in [0.1, 0.15) is 41.5 Å². The average molecular weight is 381 g/mol. The average Bonchev–Trinajstić information content (AvgIpc) is 3.17. The molecule has 1 saturated carbocycles. The van der Waals surface area contributed by atoms with Crippen LogP contribution in [0.2, 0.25) is 0 Å². The van der Waals surface area contributed by atoms with E-state index in [4.69, 9.17) is 4.74 Å². The first-order chi connectivity index (χ1) is 12.7. The summed E-state index contributed by atoms with van der Waals surface area (Å²) >= 11 is 0. The van der Waals surface area contributed by atoms with Crippen LogP contribution in [0.3, 0.4) is 0 Å². The van der Waals surface area contributed by atoms with E-state index in [1.165, 1.54) is 17.0 Å². The molecule has 2 atom stereocenters. The number of fused-ring (bicyclic) bond motifs is 1. The normalized spacial score (nSPS) is 20.8. The summed E-state index contributed by atoms with van der Waals surface area (Å²) in [4.78, 5) is 17.0. The highest BCUT2D eigenvalue weighted by molar-refractivity contribution is 6.00. The number of hydrogen-bond donors (Lipinski definition) is 2. The van der Waals surface area contributed by atoms with Crippen LogP contribution in [0.25, 0.3) is 11.3 Å². The van der Waals surface area contributed by atoms with Crippen LogP contribution < -0.4 is 10.6 Å². The Morgan fingerprint density at radius 1 is 1.44 bits per heavy atom. The summed E-state index contributed by atoms with van der Waals surface area (Å²) in [7, 11) is 0. The van der Waals surface area contributed by atoms with E-state index in [0.29, 0.717) is 29.9 Å². The molecule has 1 aliphatic heterocycles. The number of aromatic nitrogens is 3. The highest BCUT2D eigenvalue weighted by atomic mass is 19.4. The van der Waals surface area contributed by atoms with Crippen molar-refractivity contribution in [3.05, 3.63) is 35.5 Å². The number of amides is 1. The number of alkyl halides is 3. The van der Waals surface area contributed by atoms with E-state index in [9.17, 15) is 18.0 Å². The van der Waals surface area contributed by atoms with Crippen LogP contribution in [0.5, 0.6) is 0 Å². The van der Waals surface area contributed by atoms with Crippen LogP contribution in [-0.2, 0) is 4.74 Å². The van der Waals surface area contributed by atoms with Gasteiger partial charge in [-0.05, 0) is 38.7 Å². The predicted octanol–water partition coefficient (Wildman–Crippen LogP) is 2.37. The number of ether oxygens (including phenoxy) is 1. The van der Waals surface area contributed by atoms with E-state index in [0.717, 1.165) is 0 Å². The summed E-state index contributed by atoms with van der Waals surface area (Å²) in [5.74, 6) is -1.39. The molecule has 0 aromatic carbocycles. The molecule has 7 nitrogen and oxygen atoms in total. The van der Waals surface area contributed by atoms with Crippen LogP contribution in [0.4, 0.5) is 13.2 Å². The number of halogens is 3. The second kappa shape index (κ2) is 6.14. The molecular formula is C17H18F3N5O2. The standard InChI is InChI=1S/C17H18F3N5O2/c1-8-5-12(13-7-27-9(2)22-13)23-15-11(6-21-25(8)15)16(26)24-14(10-3-4-10)17(18,19)20/h5-7,9-10,14,22H,3-4H2,1-2H3,(H,24,26). The maximum atomic E-state index is 13.2. The first-order valence-corrected chi connectivity index (χ1v) is 8.59. The number of rotatable bonds is 4. The molecule has 1 amide bonds. The molecule has 0 bridgehead atoms. The van der Waals surface area contributed by atoms with E-state index in [1.54, 1.807) is 13.0 Å². The summed E-state index contributed by atoms with van der Waals surface area (Å²) in [6.45, 7) is 3.59. The fourth-order valence-electron chi connectivity index (χ4n) is 3.12. The molecule has 2 aliphatic rings. The minimum atomic E-state index is -4.49. The Kier molecular flexibility index (Phi) is 4.01. The molecule has 1 fully saturated rings. The molecule has 0 spiro atoms. The first kappa shape index (κ1) is 17.6. The van der Waals surface area contributed by atoms with Gasteiger partial charge in [-0.1, -0.05) is 0 Å². The molecule has 10 heteroatoms. The first-order valence-electron chi connectivity index (χ1n) is 8.59. The van der Waals surface area contributed by atoms with Crippen molar-refractivity contribution in [3.63, 3.8) is 0 Å². The minimum absolute atomic E-state index is 0.00223. The zero-order valence-corrected chi connectivity index (χ0v) is 14.7. The molecular weight excluding hydrogens is 363 g/mol. The van der Waals surface area contributed by atoms with Gasteiger partial charge in [0.1, 0.15) is 17.9 Å². The lowest BCUT2D eigenvalue weighted by Gasteiger charge is -2.20. The molecule has 2 N–H and O–H groups in total. The Morgan fingerprint density at radius 3 is 2.78 bits per heavy atom. The number of nitrogens with zero attached hydrogens (tertiary/aromatic N) is 3. The van der Waals surface area contributed by atoms with Crippen molar-refractivity contribution in [1.82, 2.24) is 25.2 Å². The smallest absolute Gasteiger partial charge is 0.408 e. The van der Waals surface area contributed by atoms with Gasteiger partial charge in [-0.25, -0.2) is 9.50 Å². The van der Waals surface area contributed by atoms with Gasteiger partial charge in [0, 0.05) is 5.69 Å². The molecule has 144 valence electrons. The Labute approximate surface area is 152 Å². The number of carbonyl (C=O) groups excluding carboxylic acids is 1. The summed E-state index contributed by atoms with van der Waals surface area (Å²) in [5, 5.41) is 9.29. The van der Waals surface area contributed by atoms with Crippen molar-refractivity contribution in [1.29, 1.82) is 0 Å². The fraction of sp³-hybridized carbons (Fsp3) is 0.471. The highest BCUT2D eigenvalue weighted by Gasteiger charge is 2.49. The zero-order chi connectivity index (χ0) is 19.3. The molecule has 2 aromatic heterocycles. The highest BCUT2D eigenvalue weighted by Crippen LogP contribution is 2.40. The Morgan fingerprint density at radius 2 is 2.19 bits per heavy atom. The molecule has 4 rings (SSSR count). The maximum absolute atomic E-state index is 13.2. The van der Waals surface area contributed by atoms with E-state index < -0.39 is 24.0 Å². The van der Waals surface area contributed by atoms with E-state index in [-0.39, 0.29) is 17.4 Å². The quantitative estimate of drug-likeness (QED) is 0.850.